The van der Waals surface area contributed by atoms with E-state index in [1.807, 2.05) is 24.3 Å². The van der Waals surface area contributed by atoms with E-state index in [4.69, 9.17) is 11.6 Å². The van der Waals surface area contributed by atoms with Crippen LogP contribution in [0.3, 0.4) is 0 Å². The van der Waals surface area contributed by atoms with Gasteiger partial charge in [-0.2, -0.15) is 4.98 Å². The van der Waals surface area contributed by atoms with Gasteiger partial charge < -0.3 is 10.6 Å². The number of nitrogens with one attached hydrogen (secondary N) is 2. The summed E-state index contributed by atoms with van der Waals surface area (Å²) in [6.07, 6.45) is 1.62. The number of hydrogen-bond donors (Lipinski definition) is 2. The van der Waals surface area contributed by atoms with Gasteiger partial charge in [0.25, 0.3) is 0 Å². The summed E-state index contributed by atoms with van der Waals surface area (Å²) in [4.78, 5) is 8.55. The second-order valence-corrected chi connectivity index (χ2v) is 5.89. The molecule has 23 heavy (non-hydrogen) atoms. The molecule has 0 aliphatic heterocycles. The van der Waals surface area contributed by atoms with Gasteiger partial charge in [0.05, 0.1) is 10.7 Å². The van der Waals surface area contributed by atoms with Crippen molar-refractivity contribution >= 4 is 50.7 Å². The van der Waals surface area contributed by atoms with Crippen molar-refractivity contribution in [1.82, 2.24) is 9.97 Å². The lowest BCUT2D eigenvalue weighted by Gasteiger charge is -2.09. The first-order valence-corrected chi connectivity index (χ1v) is 7.85. The zero-order chi connectivity index (χ0) is 16.2. The normalized spacial score (nSPS) is 10.4. The highest BCUT2D eigenvalue weighted by atomic mass is 79.9. The van der Waals surface area contributed by atoms with E-state index in [0.717, 1.165) is 10.2 Å². The van der Waals surface area contributed by atoms with Crippen LogP contribution in [0.1, 0.15) is 0 Å². The van der Waals surface area contributed by atoms with Crippen molar-refractivity contribution in [3.8, 4) is 0 Å². The molecular weight excluding hydrogens is 383 g/mol. The van der Waals surface area contributed by atoms with Crippen molar-refractivity contribution in [3.05, 3.63) is 70.0 Å². The second kappa shape index (κ2) is 6.93. The topological polar surface area (TPSA) is 49.8 Å². The number of para-hydroxylation sites is 1. The van der Waals surface area contributed by atoms with Crippen LogP contribution in [-0.4, -0.2) is 9.97 Å². The minimum Gasteiger partial charge on any atom is -0.340 e. The Labute approximate surface area is 145 Å². The summed E-state index contributed by atoms with van der Waals surface area (Å²) in [7, 11) is 0. The molecule has 1 heterocycles. The molecule has 7 heteroatoms. The van der Waals surface area contributed by atoms with Crippen molar-refractivity contribution in [2.75, 3.05) is 10.6 Å². The van der Waals surface area contributed by atoms with Crippen LogP contribution in [0.4, 0.5) is 27.5 Å². The van der Waals surface area contributed by atoms with Crippen LogP contribution < -0.4 is 10.6 Å². The van der Waals surface area contributed by atoms with E-state index in [9.17, 15) is 4.39 Å². The van der Waals surface area contributed by atoms with Gasteiger partial charge in [-0.1, -0.05) is 23.7 Å². The highest BCUT2D eigenvalue weighted by molar-refractivity contribution is 9.10. The summed E-state index contributed by atoms with van der Waals surface area (Å²) >= 11 is 9.23. The molecule has 0 saturated heterocycles. The third kappa shape index (κ3) is 3.97. The van der Waals surface area contributed by atoms with E-state index in [1.165, 1.54) is 12.1 Å². The average molecular weight is 394 g/mol. The Hall–Kier alpha value is -2.18. The third-order valence-electron chi connectivity index (χ3n) is 2.97. The lowest BCUT2D eigenvalue weighted by molar-refractivity contribution is 0.628. The van der Waals surface area contributed by atoms with Crippen LogP contribution in [0, 0.1) is 5.82 Å². The molecule has 1 aromatic heterocycles. The van der Waals surface area contributed by atoms with Crippen LogP contribution in [-0.2, 0) is 0 Å². The van der Waals surface area contributed by atoms with Crippen LogP contribution in [0.2, 0.25) is 5.02 Å². The molecule has 0 fully saturated rings. The first kappa shape index (κ1) is 15.7. The molecule has 3 aromatic rings. The van der Waals surface area contributed by atoms with E-state index in [0.29, 0.717) is 17.5 Å². The second-order valence-electron chi connectivity index (χ2n) is 4.62. The molecule has 0 aliphatic rings. The molecule has 0 saturated carbocycles. The lowest BCUT2D eigenvalue weighted by Crippen LogP contribution is -2.00. The minimum atomic E-state index is -0.462. The third-order valence-corrected chi connectivity index (χ3v) is 3.95. The van der Waals surface area contributed by atoms with Gasteiger partial charge in [-0.05, 0) is 52.3 Å². The number of aromatic nitrogens is 2. The predicted molar refractivity (Wildman–Crippen MR) is 94.1 cm³/mol. The molecule has 0 amide bonds. The number of benzene rings is 2. The van der Waals surface area contributed by atoms with Crippen LogP contribution in [0.5, 0.6) is 0 Å². The Balaban J connectivity index is 1.79. The molecule has 2 N–H and O–H groups in total. The molecule has 0 unspecified atom stereocenters. The Morgan fingerprint density at radius 3 is 2.65 bits per heavy atom. The molecule has 0 radical (unpaired) electrons. The smallest absolute Gasteiger partial charge is 0.229 e. The zero-order valence-corrected chi connectivity index (χ0v) is 14.1. The molecule has 116 valence electrons. The van der Waals surface area contributed by atoms with Gasteiger partial charge in [-0.15, -0.1) is 0 Å². The summed E-state index contributed by atoms with van der Waals surface area (Å²) in [6, 6.07) is 13.8. The lowest BCUT2D eigenvalue weighted by atomic mass is 10.3. The van der Waals surface area contributed by atoms with Crippen molar-refractivity contribution in [2.24, 2.45) is 0 Å². The standard InChI is InChI=1S/C16H11BrClFN4/c17-11-3-1-2-4-14(11)22-16-20-8-7-15(23-16)21-10-5-6-13(19)12(18)9-10/h1-9H,(H2,20,21,22,23). The molecule has 4 nitrogen and oxygen atoms in total. The van der Waals surface area contributed by atoms with Gasteiger partial charge in [0.1, 0.15) is 11.6 Å². The molecule has 2 aromatic carbocycles. The molecule has 3 rings (SSSR count). The quantitative estimate of drug-likeness (QED) is 0.613. The van der Waals surface area contributed by atoms with Gasteiger partial charge in [0, 0.05) is 16.4 Å². The molecule has 0 atom stereocenters. The minimum absolute atomic E-state index is 0.0515. The van der Waals surface area contributed by atoms with Crippen molar-refractivity contribution in [1.29, 1.82) is 0 Å². The molecular formula is C16H11BrClFN4. The molecule has 0 bridgehead atoms. The SMILES string of the molecule is Fc1ccc(Nc2ccnc(Nc3ccccc3Br)n2)cc1Cl. The van der Waals surface area contributed by atoms with Crippen LogP contribution in [0.15, 0.2) is 59.2 Å². The van der Waals surface area contributed by atoms with E-state index < -0.39 is 5.82 Å². The number of halogens is 3. The van der Waals surface area contributed by atoms with Crippen LogP contribution in [0.25, 0.3) is 0 Å². The van der Waals surface area contributed by atoms with Gasteiger partial charge in [0.2, 0.25) is 5.95 Å². The summed E-state index contributed by atoms with van der Waals surface area (Å²) < 4.78 is 14.1. The highest BCUT2D eigenvalue weighted by Gasteiger charge is 2.05. The number of rotatable bonds is 4. The molecule has 0 aliphatic carbocycles. The highest BCUT2D eigenvalue weighted by Crippen LogP contribution is 2.25. The number of hydrogen-bond acceptors (Lipinski definition) is 4. The number of nitrogens with zero attached hydrogens (tertiary/aromatic N) is 2. The first-order chi connectivity index (χ1) is 11.1. The van der Waals surface area contributed by atoms with Gasteiger partial charge in [-0.3, -0.25) is 0 Å². The first-order valence-electron chi connectivity index (χ1n) is 6.68. The molecule has 0 spiro atoms. The zero-order valence-electron chi connectivity index (χ0n) is 11.7. The van der Waals surface area contributed by atoms with Gasteiger partial charge in [0.15, 0.2) is 0 Å². The van der Waals surface area contributed by atoms with Crippen molar-refractivity contribution in [2.45, 2.75) is 0 Å². The summed E-state index contributed by atoms with van der Waals surface area (Å²) in [5.41, 5.74) is 1.50. The predicted octanol–water partition coefficient (Wildman–Crippen LogP) is 5.52. The maximum Gasteiger partial charge on any atom is 0.229 e. The van der Waals surface area contributed by atoms with Crippen LogP contribution >= 0.6 is 27.5 Å². The van der Waals surface area contributed by atoms with E-state index in [2.05, 4.69) is 36.5 Å². The van der Waals surface area contributed by atoms with E-state index in [1.54, 1.807) is 18.3 Å². The summed E-state index contributed by atoms with van der Waals surface area (Å²) in [6.45, 7) is 0. The maximum atomic E-state index is 13.2. The fourth-order valence-corrected chi connectivity index (χ4v) is 2.46. The average Bonchev–Trinajstić information content (AvgIpc) is 2.54. The summed E-state index contributed by atoms with van der Waals surface area (Å²) in [5, 5.41) is 6.23. The summed E-state index contributed by atoms with van der Waals surface area (Å²) in [5.74, 6) is 0.545. The Bertz CT molecular complexity index is 844. The fraction of sp³-hybridized carbons (Fsp3) is 0. The Morgan fingerprint density at radius 1 is 1.04 bits per heavy atom. The van der Waals surface area contributed by atoms with Crippen molar-refractivity contribution in [3.63, 3.8) is 0 Å². The Kier molecular flexibility index (Phi) is 4.73. The van der Waals surface area contributed by atoms with E-state index >= 15 is 0 Å². The Morgan fingerprint density at radius 2 is 1.87 bits per heavy atom. The van der Waals surface area contributed by atoms with E-state index in [-0.39, 0.29) is 5.02 Å². The van der Waals surface area contributed by atoms with Crippen molar-refractivity contribution < 1.29 is 4.39 Å². The largest absolute Gasteiger partial charge is 0.340 e. The maximum absolute atomic E-state index is 13.2. The number of anilines is 4. The van der Waals surface area contributed by atoms with Gasteiger partial charge in [-0.25, -0.2) is 9.37 Å². The van der Waals surface area contributed by atoms with Gasteiger partial charge >= 0.3 is 0 Å². The fourth-order valence-electron chi connectivity index (χ4n) is 1.89. The monoisotopic (exact) mass is 392 g/mol.